The number of oxazole rings is 1. The summed E-state index contributed by atoms with van der Waals surface area (Å²) in [6, 6.07) is 5.18. The molecule has 0 aliphatic rings. The molecule has 0 fully saturated rings. The van der Waals surface area contributed by atoms with Gasteiger partial charge in [-0.3, -0.25) is 0 Å². The Morgan fingerprint density at radius 1 is 1.57 bits per heavy atom. The third kappa shape index (κ3) is 1.47. The Kier molecular flexibility index (Phi) is 2.40. The van der Waals surface area contributed by atoms with E-state index in [1.54, 1.807) is 18.2 Å². The van der Waals surface area contributed by atoms with Crippen LogP contribution in [0.15, 0.2) is 22.6 Å². The van der Waals surface area contributed by atoms with E-state index in [0.29, 0.717) is 20.6 Å². The Bertz CT molecular complexity index is 492. The number of carbonyl (C=O) groups is 1. The standard InChI is InChI=1S/C9H6INO3/c1-13-8(12)5-3-2-4-6-7(5)14-9(10)11-6/h2-4H,1H3. The molecule has 5 heteroatoms. The third-order valence-electron chi connectivity index (χ3n) is 1.79. The first-order valence-corrected chi connectivity index (χ1v) is 4.93. The average Bonchev–Trinajstić information content (AvgIpc) is 2.56. The van der Waals surface area contributed by atoms with Gasteiger partial charge in [0.05, 0.1) is 7.11 Å². The van der Waals surface area contributed by atoms with Crippen LogP contribution in [0.3, 0.4) is 0 Å². The lowest BCUT2D eigenvalue weighted by Crippen LogP contribution is -2.00. The fourth-order valence-electron chi connectivity index (χ4n) is 1.19. The highest BCUT2D eigenvalue weighted by molar-refractivity contribution is 14.1. The first-order valence-electron chi connectivity index (χ1n) is 3.85. The number of rotatable bonds is 1. The molecule has 0 radical (unpaired) electrons. The predicted octanol–water partition coefficient (Wildman–Crippen LogP) is 2.22. The van der Waals surface area contributed by atoms with Gasteiger partial charge in [0, 0.05) is 22.6 Å². The van der Waals surface area contributed by atoms with Crippen LogP contribution in [0, 0.1) is 3.90 Å². The Labute approximate surface area is 93.4 Å². The number of benzene rings is 1. The lowest BCUT2D eigenvalue weighted by Gasteiger charge is -1.97. The third-order valence-corrected chi connectivity index (χ3v) is 2.26. The van der Waals surface area contributed by atoms with Gasteiger partial charge < -0.3 is 9.15 Å². The van der Waals surface area contributed by atoms with Gasteiger partial charge in [-0.15, -0.1) is 0 Å². The van der Waals surface area contributed by atoms with Gasteiger partial charge >= 0.3 is 5.97 Å². The molecule has 2 rings (SSSR count). The summed E-state index contributed by atoms with van der Waals surface area (Å²) < 4.78 is 10.4. The summed E-state index contributed by atoms with van der Waals surface area (Å²) in [5.41, 5.74) is 1.54. The zero-order valence-corrected chi connectivity index (χ0v) is 9.44. The number of carbonyl (C=O) groups excluding carboxylic acids is 1. The van der Waals surface area contributed by atoms with E-state index >= 15 is 0 Å². The van der Waals surface area contributed by atoms with Crippen molar-refractivity contribution in [3.8, 4) is 0 Å². The summed E-state index contributed by atoms with van der Waals surface area (Å²) >= 11 is 1.96. The number of halogens is 1. The normalized spacial score (nSPS) is 10.4. The van der Waals surface area contributed by atoms with Gasteiger partial charge in [0.25, 0.3) is 3.90 Å². The van der Waals surface area contributed by atoms with Crippen molar-refractivity contribution in [2.75, 3.05) is 7.11 Å². The number of methoxy groups -OCH3 is 1. The Hall–Kier alpha value is -1.11. The minimum Gasteiger partial charge on any atom is -0.465 e. The van der Waals surface area contributed by atoms with Crippen LogP contribution in [-0.4, -0.2) is 18.1 Å². The molecule has 1 aromatic heterocycles. The molecule has 0 bridgehead atoms. The molecule has 0 amide bonds. The smallest absolute Gasteiger partial charge is 0.341 e. The second-order valence-corrected chi connectivity index (χ2v) is 3.54. The van der Waals surface area contributed by atoms with Crippen molar-refractivity contribution in [3.63, 3.8) is 0 Å². The Morgan fingerprint density at radius 3 is 3.07 bits per heavy atom. The van der Waals surface area contributed by atoms with E-state index in [1.807, 2.05) is 22.6 Å². The molecule has 0 saturated heterocycles. The number of ether oxygens (including phenoxy) is 1. The maximum Gasteiger partial charge on any atom is 0.341 e. The van der Waals surface area contributed by atoms with Crippen LogP contribution < -0.4 is 0 Å². The monoisotopic (exact) mass is 303 g/mol. The van der Waals surface area contributed by atoms with Crippen LogP contribution >= 0.6 is 22.6 Å². The van der Waals surface area contributed by atoms with Gasteiger partial charge in [0.2, 0.25) is 0 Å². The van der Waals surface area contributed by atoms with E-state index in [4.69, 9.17) is 4.42 Å². The number of para-hydroxylation sites is 1. The SMILES string of the molecule is COC(=O)c1cccc2nc(I)oc12. The number of hydrogen-bond acceptors (Lipinski definition) is 4. The van der Waals surface area contributed by atoms with E-state index in [1.165, 1.54) is 7.11 Å². The topological polar surface area (TPSA) is 52.3 Å². The second-order valence-electron chi connectivity index (χ2n) is 2.61. The van der Waals surface area contributed by atoms with Gasteiger partial charge in [-0.2, -0.15) is 0 Å². The minimum atomic E-state index is -0.414. The van der Waals surface area contributed by atoms with Crippen LogP contribution in [0.4, 0.5) is 0 Å². The zero-order valence-electron chi connectivity index (χ0n) is 7.28. The lowest BCUT2D eigenvalue weighted by molar-refractivity contribution is 0.0601. The zero-order chi connectivity index (χ0) is 10.1. The average molecular weight is 303 g/mol. The lowest BCUT2D eigenvalue weighted by atomic mass is 10.2. The summed E-state index contributed by atoms with van der Waals surface area (Å²) in [5.74, 6) is -0.414. The van der Waals surface area contributed by atoms with Crippen molar-refractivity contribution in [2.45, 2.75) is 0 Å². The van der Waals surface area contributed by atoms with Gasteiger partial charge in [0.1, 0.15) is 11.1 Å². The van der Waals surface area contributed by atoms with Crippen LogP contribution in [0.5, 0.6) is 0 Å². The largest absolute Gasteiger partial charge is 0.465 e. The van der Waals surface area contributed by atoms with E-state index < -0.39 is 5.97 Å². The molecule has 0 unspecified atom stereocenters. The Balaban J connectivity index is 2.70. The van der Waals surface area contributed by atoms with Gasteiger partial charge in [0.15, 0.2) is 5.58 Å². The maximum absolute atomic E-state index is 11.3. The van der Waals surface area contributed by atoms with E-state index in [9.17, 15) is 4.79 Å². The molecule has 2 aromatic rings. The highest BCUT2D eigenvalue weighted by Crippen LogP contribution is 2.21. The van der Waals surface area contributed by atoms with Crippen molar-refractivity contribution >= 4 is 39.7 Å². The fourth-order valence-corrected chi connectivity index (χ4v) is 1.67. The van der Waals surface area contributed by atoms with Gasteiger partial charge in [-0.25, -0.2) is 9.78 Å². The molecule has 72 valence electrons. The number of aromatic nitrogens is 1. The predicted molar refractivity (Wildman–Crippen MR) is 58.1 cm³/mol. The minimum absolute atomic E-state index is 0.403. The second kappa shape index (κ2) is 3.56. The summed E-state index contributed by atoms with van der Waals surface area (Å²) in [7, 11) is 1.34. The molecule has 1 aromatic carbocycles. The number of hydrogen-bond donors (Lipinski definition) is 0. The van der Waals surface area contributed by atoms with Gasteiger partial charge in [-0.1, -0.05) is 6.07 Å². The Morgan fingerprint density at radius 2 is 2.36 bits per heavy atom. The molecule has 14 heavy (non-hydrogen) atoms. The van der Waals surface area contributed by atoms with E-state index in [0.717, 1.165) is 0 Å². The molecule has 0 N–H and O–H groups in total. The molecule has 0 aliphatic carbocycles. The van der Waals surface area contributed by atoms with Crippen LogP contribution in [-0.2, 0) is 4.74 Å². The number of nitrogens with zero attached hydrogens (tertiary/aromatic N) is 1. The molecule has 4 nitrogen and oxygen atoms in total. The molecule has 0 atom stereocenters. The molecule has 0 saturated carbocycles. The fraction of sp³-hybridized carbons (Fsp3) is 0.111. The van der Waals surface area contributed by atoms with Crippen LogP contribution in [0.1, 0.15) is 10.4 Å². The maximum atomic E-state index is 11.3. The first-order chi connectivity index (χ1) is 6.72. The quantitative estimate of drug-likeness (QED) is 0.599. The summed E-state index contributed by atoms with van der Waals surface area (Å²) in [6.07, 6.45) is 0. The van der Waals surface area contributed by atoms with Crippen molar-refractivity contribution in [1.29, 1.82) is 0 Å². The summed E-state index contributed by atoms with van der Waals surface area (Å²) in [5, 5.41) is 0. The highest BCUT2D eigenvalue weighted by atomic mass is 127. The van der Waals surface area contributed by atoms with Crippen LogP contribution in [0.2, 0.25) is 0 Å². The summed E-state index contributed by atoms with van der Waals surface area (Å²) in [4.78, 5) is 15.4. The van der Waals surface area contributed by atoms with Crippen molar-refractivity contribution in [2.24, 2.45) is 0 Å². The summed E-state index contributed by atoms with van der Waals surface area (Å²) in [6.45, 7) is 0. The first kappa shape index (κ1) is 9.45. The van der Waals surface area contributed by atoms with Crippen LogP contribution in [0.25, 0.3) is 11.1 Å². The molecular weight excluding hydrogens is 297 g/mol. The number of esters is 1. The van der Waals surface area contributed by atoms with Crippen molar-refractivity contribution < 1.29 is 13.9 Å². The van der Waals surface area contributed by atoms with E-state index in [-0.39, 0.29) is 0 Å². The van der Waals surface area contributed by atoms with Crippen molar-refractivity contribution in [3.05, 3.63) is 27.7 Å². The molecular formula is C9H6INO3. The van der Waals surface area contributed by atoms with Gasteiger partial charge in [-0.05, 0) is 12.1 Å². The molecule has 0 spiro atoms. The molecule has 0 aliphatic heterocycles. The highest BCUT2D eigenvalue weighted by Gasteiger charge is 2.14. The number of fused-ring (bicyclic) bond motifs is 1. The molecule has 1 heterocycles. The van der Waals surface area contributed by atoms with E-state index in [2.05, 4.69) is 9.72 Å². The van der Waals surface area contributed by atoms with Crippen molar-refractivity contribution in [1.82, 2.24) is 4.98 Å².